The van der Waals surface area contributed by atoms with E-state index in [0.29, 0.717) is 6.61 Å². The van der Waals surface area contributed by atoms with E-state index in [-0.39, 0.29) is 0 Å². The maximum absolute atomic E-state index is 5.54. The van der Waals surface area contributed by atoms with E-state index < -0.39 is 0 Å². The fraction of sp³-hybridized carbons (Fsp3) is 0.550. The first kappa shape index (κ1) is 17.7. The lowest BCUT2D eigenvalue weighted by Crippen LogP contribution is -2.31. The van der Waals surface area contributed by atoms with Crippen LogP contribution in [0.2, 0.25) is 0 Å². The van der Waals surface area contributed by atoms with Crippen LogP contribution in [0.4, 0.5) is 0 Å². The Kier molecular flexibility index (Phi) is 8.49. The number of piperidine rings is 1. The lowest BCUT2D eigenvalue weighted by Gasteiger charge is -2.25. The summed E-state index contributed by atoms with van der Waals surface area (Å²) in [5, 5.41) is 4.32. The van der Waals surface area contributed by atoms with Gasteiger partial charge < -0.3 is 9.74 Å². The van der Waals surface area contributed by atoms with Crippen LogP contribution in [0, 0.1) is 0 Å². The second-order valence-corrected chi connectivity index (χ2v) is 6.17. The zero-order chi connectivity index (χ0) is 16.2. The maximum atomic E-state index is 5.54. The van der Waals surface area contributed by atoms with Crippen LogP contribution in [-0.4, -0.2) is 36.9 Å². The van der Waals surface area contributed by atoms with Gasteiger partial charge in [0.15, 0.2) is 0 Å². The number of hydrogen-bond acceptors (Lipinski definition) is 3. The molecule has 1 fully saturated rings. The van der Waals surface area contributed by atoms with Gasteiger partial charge in [-0.15, -0.1) is 0 Å². The third-order valence-corrected chi connectivity index (χ3v) is 4.11. The first-order valence-electron chi connectivity index (χ1n) is 9.03. The average molecular weight is 314 g/mol. The van der Waals surface area contributed by atoms with E-state index in [9.17, 15) is 0 Å². The number of hydrogen-bond donors (Lipinski definition) is 0. The standard InChI is InChI=1S/C20H30N2O/c1-2-10-20(14-13-19-11-5-3-6-12-19)21-23-18-9-17-22-15-7-4-8-16-22/h3,5-6,11-14H,2,4,7-10,15-18H2,1H3/b14-13+,21-20+. The summed E-state index contributed by atoms with van der Waals surface area (Å²) in [7, 11) is 0. The van der Waals surface area contributed by atoms with Crippen LogP contribution >= 0.6 is 0 Å². The number of rotatable bonds is 9. The third-order valence-electron chi connectivity index (χ3n) is 4.11. The van der Waals surface area contributed by atoms with Gasteiger partial charge >= 0.3 is 0 Å². The lowest BCUT2D eigenvalue weighted by atomic mass is 10.1. The third kappa shape index (κ3) is 7.47. The fourth-order valence-corrected chi connectivity index (χ4v) is 2.84. The molecule has 0 atom stereocenters. The number of oxime groups is 1. The smallest absolute Gasteiger partial charge is 0.118 e. The molecule has 1 aliphatic rings. The van der Waals surface area contributed by atoms with E-state index in [1.54, 1.807) is 0 Å². The average Bonchev–Trinajstić information content (AvgIpc) is 2.61. The molecule has 1 aromatic carbocycles. The van der Waals surface area contributed by atoms with Crippen molar-refractivity contribution in [3.05, 3.63) is 42.0 Å². The van der Waals surface area contributed by atoms with Gasteiger partial charge in [0.05, 0.1) is 5.71 Å². The minimum absolute atomic E-state index is 0.711. The Morgan fingerprint density at radius 2 is 1.96 bits per heavy atom. The van der Waals surface area contributed by atoms with E-state index >= 15 is 0 Å². The quantitative estimate of drug-likeness (QED) is 0.373. The summed E-state index contributed by atoms with van der Waals surface area (Å²) >= 11 is 0. The molecule has 1 heterocycles. The summed E-state index contributed by atoms with van der Waals surface area (Å²) in [6.45, 7) is 6.53. The van der Waals surface area contributed by atoms with Gasteiger partial charge in [-0.2, -0.15) is 0 Å². The van der Waals surface area contributed by atoms with Crippen LogP contribution in [0.5, 0.6) is 0 Å². The highest BCUT2D eigenvalue weighted by molar-refractivity contribution is 5.97. The molecule has 1 saturated heterocycles. The Balaban J connectivity index is 1.71. The van der Waals surface area contributed by atoms with Crippen molar-refractivity contribution in [2.75, 3.05) is 26.2 Å². The molecule has 3 nitrogen and oxygen atoms in total. The minimum Gasteiger partial charge on any atom is -0.396 e. The summed E-state index contributed by atoms with van der Waals surface area (Å²) in [4.78, 5) is 8.08. The summed E-state index contributed by atoms with van der Waals surface area (Å²) in [5.74, 6) is 0. The molecule has 0 unspecified atom stereocenters. The van der Waals surface area contributed by atoms with Gasteiger partial charge in [0, 0.05) is 6.54 Å². The first-order chi connectivity index (χ1) is 11.4. The Bertz CT molecular complexity index is 476. The van der Waals surface area contributed by atoms with E-state index in [0.717, 1.165) is 31.5 Å². The molecule has 0 spiro atoms. The Morgan fingerprint density at radius 1 is 1.17 bits per heavy atom. The molecule has 2 rings (SSSR count). The lowest BCUT2D eigenvalue weighted by molar-refractivity contribution is 0.124. The molecule has 0 saturated carbocycles. The van der Waals surface area contributed by atoms with Crippen molar-refractivity contribution in [1.29, 1.82) is 0 Å². The van der Waals surface area contributed by atoms with Gasteiger partial charge in [-0.3, -0.25) is 0 Å². The van der Waals surface area contributed by atoms with Crippen LogP contribution in [0.3, 0.4) is 0 Å². The van der Waals surface area contributed by atoms with Crippen molar-refractivity contribution in [3.8, 4) is 0 Å². The van der Waals surface area contributed by atoms with Crippen molar-refractivity contribution in [3.63, 3.8) is 0 Å². The van der Waals surface area contributed by atoms with Crippen molar-refractivity contribution in [1.82, 2.24) is 4.90 Å². The van der Waals surface area contributed by atoms with Crippen LogP contribution in [0.25, 0.3) is 6.08 Å². The van der Waals surface area contributed by atoms with Gasteiger partial charge in [0.2, 0.25) is 0 Å². The van der Waals surface area contributed by atoms with Crippen LogP contribution in [0.1, 0.15) is 51.0 Å². The highest BCUT2D eigenvalue weighted by Crippen LogP contribution is 2.09. The molecular formula is C20H30N2O. The number of allylic oxidation sites excluding steroid dienone is 1. The molecule has 0 bridgehead atoms. The van der Waals surface area contributed by atoms with Crippen molar-refractivity contribution < 1.29 is 4.84 Å². The van der Waals surface area contributed by atoms with Crippen molar-refractivity contribution >= 4 is 11.8 Å². The second kappa shape index (κ2) is 11.0. The molecule has 23 heavy (non-hydrogen) atoms. The van der Waals surface area contributed by atoms with Gasteiger partial charge in [-0.1, -0.05) is 61.3 Å². The monoisotopic (exact) mass is 314 g/mol. The molecule has 0 amide bonds. The number of likely N-dealkylation sites (tertiary alicyclic amines) is 1. The molecule has 3 heteroatoms. The van der Waals surface area contributed by atoms with Crippen LogP contribution < -0.4 is 0 Å². The van der Waals surface area contributed by atoms with E-state index in [1.807, 2.05) is 18.2 Å². The maximum Gasteiger partial charge on any atom is 0.118 e. The molecule has 0 aliphatic carbocycles. The van der Waals surface area contributed by atoms with Crippen LogP contribution in [0.15, 0.2) is 41.6 Å². The number of nitrogens with zero attached hydrogens (tertiary/aromatic N) is 2. The van der Waals surface area contributed by atoms with Gasteiger partial charge in [0.1, 0.15) is 6.61 Å². The van der Waals surface area contributed by atoms with Crippen molar-refractivity contribution in [2.24, 2.45) is 5.16 Å². The summed E-state index contributed by atoms with van der Waals surface area (Å²) in [6, 6.07) is 10.3. The first-order valence-corrected chi connectivity index (χ1v) is 9.03. The minimum atomic E-state index is 0.711. The van der Waals surface area contributed by atoms with Crippen LogP contribution in [-0.2, 0) is 4.84 Å². The second-order valence-electron chi connectivity index (χ2n) is 6.17. The van der Waals surface area contributed by atoms with Crippen molar-refractivity contribution in [2.45, 2.75) is 45.4 Å². The largest absolute Gasteiger partial charge is 0.396 e. The van der Waals surface area contributed by atoms with E-state index in [2.05, 4.69) is 41.3 Å². The summed E-state index contributed by atoms with van der Waals surface area (Å²) < 4.78 is 0. The predicted molar refractivity (Wildman–Crippen MR) is 98.7 cm³/mol. The summed E-state index contributed by atoms with van der Waals surface area (Å²) in [6.07, 6.45) is 11.4. The SMILES string of the molecule is CCCC(/C=C/c1ccccc1)=N\OCCCN1CCCCC1. The molecule has 0 radical (unpaired) electrons. The molecule has 0 N–H and O–H groups in total. The highest BCUT2D eigenvalue weighted by Gasteiger charge is 2.08. The zero-order valence-electron chi connectivity index (χ0n) is 14.4. The molecule has 1 aliphatic heterocycles. The zero-order valence-corrected chi connectivity index (χ0v) is 14.4. The van der Waals surface area contributed by atoms with Gasteiger partial charge in [-0.05, 0) is 50.4 Å². The molecule has 126 valence electrons. The normalized spacial score (nSPS) is 16.8. The Hall–Kier alpha value is -1.61. The van der Waals surface area contributed by atoms with E-state index in [1.165, 1.54) is 37.9 Å². The molecule has 0 aromatic heterocycles. The predicted octanol–water partition coefficient (Wildman–Crippen LogP) is 4.75. The molecular weight excluding hydrogens is 284 g/mol. The Labute approximate surface area is 141 Å². The van der Waals surface area contributed by atoms with Gasteiger partial charge in [0.25, 0.3) is 0 Å². The highest BCUT2D eigenvalue weighted by atomic mass is 16.6. The van der Waals surface area contributed by atoms with E-state index in [4.69, 9.17) is 4.84 Å². The summed E-state index contributed by atoms with van der Waals surface area (Å²) in [5.41, 5.74) is 2.22. The fourth-order valence-electron chi connectivity index (χ4n) is 2.84. The number of benzene rings is 1. The Morgan fingerprint density at radius 3 is 2.70 bits per heavy atom. The topological polar surface area (TPSA) is 24.8 Å². The molecule has 1 aromatic rings. The van der Waals surface area contributed by atoms with Gasteiger partial charge in [-0.25, -0.2) is 0 Å².